The van der Waals surface area contributed by atoms with Crippen molar-refractivity contribution in [1.29, 1.82) is 0 Å². The van der Waals surface area contributed by atoms with Crippen LogP contribution in [-0.4, -0.2) is 72.8 Å². The van der Waals surface area contributed by atoms with Crippen molar-refractivity contribution in [3.05, 3.63) is 30.1 Å². The van der Waals surface area contributed by atoms with Crippen molar-refractivity contribution in [1.82, 2.24) is 14.8 Å². The number of pyridine rings is 1. The zero-order valence-electron chi connectivity index (χ0n) is 13.9. The summed E-state index contributed by atoms with van der Waals surface area (Å²) in [6, 6.07) is 4.44. The highest BCUT2D eigenvalue weighted by Crippen LogP contribution is 2.32. The van der Waals surface area contributed by atoms with Gasteiger partial charge in [0.15, 0.2) is 0 Å². The first-order valence-corrected chi connectivity index (χ1v) is 8.21. The van der Waals surface area contributed by atoms with Crippen molar-refractivity contribution in [2.45, 2.75) is 37.6 Å². The van der Waals surface area contributed by atoms with Crippen LogP contribution in [0.15, 0.2) is 24.5 Å². The molecule has 0 aromatic carbocycles. The number of hydrogen-bond donors (Lipinski definition) is 0. The fourth-order valence-electron chi connectivity index (χ4n) is 3.40. The zero-order valence-corrected chi connectivity index (χ0v) is 13.9. The summed E-state index contributed by atoms with van der Waals surface area (Å²) in [5.74, 6) is -0.00326. The molecular formula is C17H25N3O3. The van der Waals surface area contributed by atoms with Crippen LogP contribution in [0, 0.1) is 0 Å². The molecule has 0 N–H and O–H groups in total. The second-order valence-electron chi connectivity index (χ2n) is 6.45. The Balaban J connectivity index is 1.58. The molecule has 0 spiro atoms. The maximum absolute atomic E-state index is 11.7. The standard InChI is InChI=1S/C17H25N3O3/c1-19(2)16(21)12-23-15-6-5-14-17(15)22-9-8-20(14)11-13-4-3-7-18-10-13/h3-4,7,10,14-15,17H,5-6,8-9,11-12H2,1-2H3/t14-,15+,17+/m0/s1. The van der Waals surface area contributed by atoms with Crippen molar-refractivity contribution in [2.24, 2.45) is 0 Å². The van der Waals surface area contributed by atoms with Gasteiger partial charge in [0.25, 0.3) is 0 Å². The van der Waals surface area contributed by atoms with Crippen molar-refractivity contribution < 1.29 is 14.3 Å². The number of ether oxygens (including phenoxy) is 2. The Labute approximate surface area is 137 Å². The summed E-state index contributed by atoms with van der Waals surface area (Å²) >= 11 is 0. The van der Waals surface area contributed by atoms with E-state index in [-0.39, 0.29) is 24.7 Å². The van der Waals surface area contributed by atoms with E-state index < -0.39 is 0 Å². The quantitative estimate of drug-likeness (QED) is 0.808. The second-order valence-corrected chi connectivity index (χ2v) is 6.45. The van der Waals surface area contributed by atoms with Crippen LogP contribution in [0.3, 0.4) is 0 Å². The maximum atomic E-state index is 11.7. The summed E-state index contributed by atoms with van der Waals surface area (Å²) in [7, 11) is 3.49. The lowest BCUT2D eigenvalue weighted by atomic mass is 10.1. The number of nitrogens with zero attached hydrogens (tertiary/aromatic N) is 3. The molecule has 0 radical (unpaired) electrons. The molecule has 3 rings (SSSR count). The van der Waals surface area contributed by atoms with E-state index in [9.17, 15) is 4.79 Å². The zero-order chi connectivity index (χ0) is 16.2. The average Bonchev–Trinajstić information content (AvgIpc) is 2.98. The highest BCUT2D eigenvalue weighted by atomic mass is 16.5. The lowest BCUT2D eigenvalue weighted by Crippen LogP contribution is -2.51. The van der Waals surface area contributed by atoms with Crippen LogP contribution in [-0.2, 0) is 20.8 Å². The first-order chi connectivity index (χ1) is 11.1. The molecular weight excluding hydrogens is 294 g/mol. The number of carbonyl (C=O) groups is 1. The van der Waals surface area contributed by atoms with Gasteiger partial charge >= 0.3 is 0 Å². The van der Waals surface area contributed by atoms with Gasteiger partial charge in [-0.3, -0.25) is 14.7 Å². The highest BCUT2D eigenvalue weighted by molar-refractivity contribution is 5.76. The Morgan fingerprint density at radius 3 is 3.09 bits per heavy atom. The molecule has 0 bridgehead atoms. The SMILES string of the molecule is CN(C)C(=O)CO[C@@H]1CC[C@H]2[C@H]1OCCN2Cc1cccnc1. The summed E-state index contributed by atoms with van der Waals surface area (Å²) < 4.78 is 11.8. The minimum Gasteiger partial charge on any atom is -0.373 e. The lowest BCUT2D eigenvalue weighted by molar-refractivity contribution is -0.144. The Hall–Kier alpha value is -1.50. The van der Waals surface area contributed by atoms with Crippen molar-refractivity contribution >= 4 is 5.91 Å². The third-order valence-corrected chi connectivity index (χ3v) is 4.68. The smallest absolute Gasteiger partial charge is 0.248 e. The lowest BCUT2D eigenvalue weighted by Gasteiger charge is -2.39. The molecule has 1 aliphatic heterocycles. The number of carbonyl (C=O) groups excluding carboxylic acids is 1. The van der Waals surface area contributed by atoms with E-state index in [0.29, 0.717) is 12.6 Å². The van der Waals surface area contributed by atoms with Gasteiger partial charge in [-0.2, -0.15) is 0 Å². The summed E-state index contributed by atoms with van der Waals surface area (Å²) in [5.41, 5.74) is 1.22. The Morgan fingerprint density at radius 1 is 1.48 bits per heavy atom. The largest absolute Gasteiger partial charge is 0.373 e. The maximum Gasteiger partial charge on any atom is 0.248 e. The van der Waals surface area contributed by atoms with Crippen LogP contribution in [0.1, 0.15) is 18.4 Å². The molecule has 1 amide bonds. The van der Waals surface area contributed by atoms with Gasteiger partial charge in [0.2, 0.25) is 5.91 Å². The molecule has 1 aromatic rings. The van der Waals surface area contributed by atoms with Gasteiger partial charge < -0.3 is 14.4 Å². The highest BCUT2D eigenvalue weighted by Gasteiger charge is 2.43. The number of amides is 1. The molecule has 2 heterocycles. The molecule has 126 valence electrons. The minimum absolute atomic E-state index is 0.00326. The van der Waals surface area contributed by atoms with Crippen LogP contribution in [0.2, 0.25) is 0 Å². The van der Waals surface area contributed by atoms with Crippen LogP contribution in [0.25, 0.3) is 0 Å². The van der Waals surface area contributed by atoms with Crippen molar-refractivity contribution in [2.75, 3.05) is 33.9 Å². The molecule has 1 aliphatic carbocycles. The van der Waals surface area contributed by atoms with E-state index in [4.69, 9.17) is 9.47 Å². The normalized spacial score (nSPS) is 27.7. The third kappa shape index (κ3) is 3.88. The summed E-state index contributed by atoms with van der Waals surface area (Å²) in [4.78, 5) is 19.9. The summed E-state index contributed by atoms with van der Waals surface area (Å²) in [6.07, 6.45) is 5.79. The number of hydrogen-bond acceptors (Lipinski definition) is 5. The minimum atomic E-state index is -0.00326. The van der Waals surface area contributed by atoms with Gasteiger partial charge in [0.05, 0.1) is 18.8 Å². The van der Waals surface area contributed by atoms with E-state index in [2.05, 4.69) is 16.0 Å². The average molecular weight is 319 g/mol. The van der Waals surface area contributed by atoms with Crippen molar-refractivity contribution in [3.63, 3.8) is 0 Å². The molecule has 0 unspecified atom stereocenters. The Bertz CT molecular complexity index is 523. The van der Waals surface area contributed by atoms with Crippen LogP contribution in [0.4, 0.5) is 0 Å². The number of rotatable bonds is 5. The molecule has 1 aromatic heterocycles. The molecule has 3 atom stereocenters. The molecule has 1 saturated heterocycles. The van der Waals surface area contributed by atoms with Gasteiger partial charge in [-0.25, -0.2) is 0 Å². The first kappa shape index (κ1) is 16.4. The van der Waals surface area contributed by atoms with Gasteiger partial charge in [-0.1, -0.05) is 6.07 Å². The first-order valence-electron chi connectivity index (χ1n) is 8.21. The van der Waals surface area contributed by atoms with Gasteiger partial charge in [-0.05, 0) is 24.5 Å². The van der Waals surface area contributed by atoms with Crippen molar-refractivity contribution in [3.8, 4) is 0 Å². The topological polar surface area (TPSA) is 54.9 Å². The van der Waals surface area contributed by atoms with Gasteiger partial charge in [0, 0.05) is 45.6 Å². The van der Waals surface area contributed by atoms with E-state index in [0.717, 1.165) is 25.9 Å². The predicted octanol–water partition coefficient (Wildman–Crippen LogP) is 0.918. The van der Waals surface area contributed by atoms with E-state index in [1.807, 2.05) is 12.3 Å². The van der Waals surface area contributed by atoms with Crippen LogP contribution >= 0.6 is 0 Å². The second kappa shape index (κ2) is 7.38. The fourth-order valence-corrected chi connectivity index (χ4v) is 3.40. The number of aromatic nitrogens is 1. The predicted molar refractivity (Wildman–Crippen MR) is 85.8 cm³/mol. The number of morpholine rings is 1. The van der Waals surface area contributed by atoms with Crippen LogP contribution in [0.5, 0.6) is 0 Å². The summed E-state index contributed by atoms with van der Waals surface area (Å²) in [6.45, 7) is 2.66. The Morgan fingerprint density at radius 2 is 2.35 bits per heavy atom. The molecule has 2 aliphatic rings. The van der Waals surface area contributed by atoms with E-state index >= 15 is 0 Å². The summed E-state index contributed by atoms with van der Waals surface area (Å²) in [5, 5.41) is 0. The molecule has 23 heavy (non-hydrogen) atoms. The van der Waals surface area contributed by atoms with E-state index in [1.165, 1.54) is 5.56 Å². The van der Waals surface area contributed by atoms with Crippen LogP contribution < -0.4 is 0 Å². The number of fused-ring (bicyclic) bond motifs is 1. The molecule has 2 fully saturated rings. The van der Waals surface area contributed by atoms with E-state index in [1.54, 1.807) is 25.2 Å². The Kier molecular flexibility index (Phi) is 5.25. The van der Waals surface area contributed by atoms with Gasteiger partial charge in [0.1, 0.15) is 6.61 Å². The molecule has 6 heteroatoms. The molecule has 1 saturated carbocycles. The molecule has 6 nitrogen and oxygen atoms in total. The number of likely N-dealkylation sites (N-methyl/N-ethyl adjacent to an activating group) is 1. The van der Waals surface area contributed by atoms with Gasteiger partial charge in [-0.15, -0.1) is 0 Å². The fraction of sp³-hybridized carbons (Fsp3) is 0.647. The third-order valence-electron chi connectivity index (χ3n) is 4.68. The monoisotopic (exact) mass is 319 g/mol.